The highest BCUT2D eigenvalue weighted by Crippen LogP contribution is 2.15. The van der Waals surface area contributed by atoms with E-state index in [1.165, 1.54) is 0 Å². The third-order valence-electron chi connectivity index (χ3n) is 2.24. The molecule has 4 nitrogen and oxygen atoms in total. The molecule has 0 spiro atoms. The molecule has 1 atom stereocenters. The summed E-state index contributed by atoms with van der Waals surface area (Å²) in [6, 6.07) is 3.80. The van der Waals surface area contributed by atoms with Crippen LogP contribution in [0.3, 0.4) is 0 Å². The normalized spacial score (nSPS) is 20.5. The Morgan fingerprint density at radius 2 is 2.27 bits per heavy atom. The summed E-state index contributed by atoms with van der Waals surface area (Å²) in [6.45, 7) is 1.23. The minimum Gasteiger partial charge on any atom is -0.443 e. The van der Waals surface area contributed by atoms with Crippen LogP contribution in [0.25, 0.3) is 0 Å². The van der Waals surface area contributed by atoms with E-state index in [0.29, 0.717) is 18.4 Å². The molecule has 5 heteroatoms. The van der Waals surface area contributed by atoms with Crippen molar-refractivity contribution in [2.75, 3.05) is 11.9 Å². The van der Waals surface area contributed by atoms with Crippen molar-refractivity contribution >= 4 is 22.0 Å². The van der Waals surface area contributed by atoms with Crippen LogP contribution in [0.15, 0.2) is 24.5 Å². The fraction of sp³-hybridized carbons (Fsp3) is 0.400. The molecule has 0 N–H and O–H groups in total. The van der Waals surface area contributed by atoms with E-state index < -0.39 is 0 Å². The largest absolute Gasteiger partial charge is 0.443 e. The summed E-state index contributed by atoms with van der Waals surface area (Å²) in [5.74, 6) is 0. The number of hydrogen-bond donors (Lipinski definition) is 0. The molecule has 1 aliphatic rings. The molecular formula is C10H11BrN2O2. The molecule has 1 unspecified atom stereocenters. The molecule has 0 aromatic carbocycles. The Kier molecular flexibility index (Phi) is 3.20. The molecule has 2 rings (SSSR count). The molecule has 1 aromatic heterocycles. The molecule has 1 fully saturated rings. The molecule has 1 amide bonds. The van der Waals surface area contributed by atoms with Gasteiger partial charge in [0.05, 0.1) is 6.54 Å². The van der Waals surface area contributed by atoms with Crippen molar-refractivity contribution in [3.8, 4) is 0 Å². The molecular weight excluding hydrogens is 260 g/mol. The van der Waals surface area contributed by atoms with E-state index in [1.54, 1.807) is 17.3 Å². The molecule has 1 aromatic rings. The van der Waals surface area contributed by atoms with Gasteiger partial charge in [0.15, 0.2) is 0 Å². The number of pyridine rings is 1. The topological polar surface area (TPSA) is 42.4 Å². The summed E-state index contributed by atoms with van der Waals surface area (Å²) in [4.78, 5) is 17.0. The predicted molar refractivity (Wildman–Crippen MR) is 58.7 cm³/mol. The van der Waals surface area contributed by atoms with Crippen molar-refractivity contribution in [3.63, 3.8) is 0 Å². The first-order valence-electron chi connectivity index (χ1n) is 4.70. The van der Waals surface area contributed by atoms with E-state index in [0.717, 1.165) is 5.56 Å². The van der Waals surface area contributed by atoms with Gasteiger partial charge in [0, 0.05) is 24.3 Å². The molecule has 0 saturated carbocycles. The van der Waals surface area contributed by atoms with Gasteiger partial charge in [0.2, 0.25) is 0 Å². The van der Waals surface area contributed by atoms with Crippen LogP contribution in [-0.2, 0) is 11.3 Å². The highest BCUT2D eigenvalue weighted by atomic mass is 79.9. The highest BCUT2D eigenvalue weighted by Gasteiger charge is 2.30. The van der Waals surface area contributed by atoms with Crippen molar-refractivity contribution in [2.24, 2.45) is 0 Å². The quantitative estimate of drug-likeness (QED) is 0.787. The smallest absolute Gasteiger partial charge is 0.410 e. The molecule has 1 saturated heterocycles. The van der Waals surface area contributed by atoms with E-state index in [4.69, 9.17) is 4.74 Å². The number of halogens is 1. The Bertz CT molecular complexity index is 345. The summed E-state index contributed by atoms with van der Waals surface area (Å²) >= 11 is 3.30. The van der Waals surface area contributed by atoms with E-state index in [-0.39, 0.29) is 12.2 Å². The SMILES string of the molecule is O=C1OC(CBr)CN1Cc1ccncc1. The maximum Gasteiger partial charge on any atom is 0.410 e. The highest BCUT2D eigenvalue weighted by molar-refractivity contribution is 9.09. The van der Waals surface area contributed by atoms with Crippen LogP contribution < -0.4 is 0 Å². The van der Waals surface area contributed by atoms with Crippen LogP contribution in [0.1, 0.15) is 5.56 Å². The lowest BCUT2D eigenvalue weighted by molar-refractivity contribution is 0.139. The van der Waals surface area contributed by atoms with Crippen molar-refractivity contribution in [3.05, 3.63) is 30.1 Å². The van der Waals surface area contributed by atoms with E-state index in [2.05, 4.69) is 20.9 Å². The van der Waals surface area contributed by atoms with Crippen molar-refractivity contribution in [1.29, 1.82) is 0 Å². The van der Waals surface area contributed by atoms with Crippen molar-refractivity contribution in [2.45, 2.75) is 12.6 Å². The maximum absolute atomic E-state index is 11.4. The van der Waals surface area contributed by atoms with Crippen molar-refractivity contribution in [1.82, 2.24) is 9.88 Å². The van der Waals surface area contributed by atoms with Gasteiger partial charge in [0.1, 0.15) is 6.10 Å². The number of rotatable bonds is 3. The van der Waals surface area contributed by atoms with Gasteiger partial charge in [-0.3, -0.25) is 4.98 Å². The van der Waals surface area contributed by atoms with Crippen LogP contribution in [0, 0.1) is 0 Å². The zero-order valence-electron chi connectivity index (χ0n) is 8.10. The first-order chi connectivity index (χ1) is 7.29. The summed E-state index contributed by atoms with van der Waals surface area (Å²) in [6.07, 6.45) is 3.17. The minimum absolute atomic E-state index is 0.0284. The van der Waals surface area contributed by atoms with Gasteiger partial charge < -0.3 is 9.64 Å². The molecule has 0 radical (unpaired) electrons. The second-order valence-corrected chi connectivity index (χ2v) is 4.04. The van der Waals surface area contributed by atoms with Crippen LogP contribution >= 0.6 is 15.9 Å². The van der Waals surface area contributed by atoms with Gasteiger partial charge in [-0.1, -0.05) is 15.9 Å². The lowest BCUT2D eigenvalue weighted by Crippen LogP contribution is -2.24. The van der Waals surface area contributed by atoms with Gasteiger partial charge >= 0.3 is 6.09 Å². The van der Waals surface area contributed by atoms with Crippen LogP contribution in [0.2, 0.25) is 0 Å². The zero-order valence-corrected chi connectivity index (χ0v) is 9.68. The second kappa shape index (κ2) is 4.61. The maximum atomic E-state index is 11.4. The molecule has 15 heavy (non-hydrogen) atoms. The standard InChI is InChI=1S/C10H11BrN2O2/c11-5-9-7-13(10(14)15-9)6-8-1-3-12-4-2-8/h1-4,9H,5-7H2. The monoisotopic (exact) mass is 270 g/mol. The summed E-state index contributed by atoms with van der Waals surface area (Å²) < 4.78 is 5.12. The zero-order chi connectivity index (χ0) is 10.7. The Hall–Kier alpha value is -1.10. The minimum atomic E-state index is -0.240. The number of hydrogen-bond acceptors (Lipinski definition) is 3. The van der Waals surface area contributed by atoms with Gasteiger partial charge in [-0.05, 0) is 17.7 Å². The average Bonchev–Trinajstić information content (AvgIpc) is 2.61. The third-order valence-corrected chi connectivity index (χ3v) is 2.97. The third kappa shape index (κ3) is 2.47. The number of aromatic nitrogens is 1. The molecule has 0 aliphatic carbocycles. The number of nitrogens with zero attached hydrogens (tertiary/aromatic N) is 2. The number of ether oxygens (including phenoxy) is 1. The summed E-state index contributed by atoms with van der Waals surface area (Å²) in [5.41, 5.74) is 1.07. The molecule has 2 heterocycles. The van der Waals surface area contributed by atoms with E-state index in [9.17, 15) is 4.79 Å². The van der Waals surface area contributed by atoms with E-state index in [1.807, 2.05) is 12.1 Å². The van der Waals surface area contributed by atoms with Gasteiger partial charge in [0.25, 0.3) is 0 Å². The lowest BCUT2D eigenvalue weighted by atomic mass is 10.2. The number of carbonyl (C=O) groups excluding carboxylic acids is 1. The number of carbonyl (C=O) groups is 1. The second-order valence-electron chi connectivity index (χ2n) is 3.40. The summed E-state index contributed by atoms with van der Waals surface area (Å²) in [5, 5.41) is 0.686. The molecule has 0 bridgehead atoms. The molecule has 80 valence electrons. The number of alkyl halides is 1. The van der Waals surface area contributed by atoms with Crippen LogP contribution in [0.5, 0.6) is 0 Å². The van der Waals surface area contributed by atoms with E-state index >= 15 is 0 Å². The van der Waals surface area contributed by atoms with Crippen LogP contribution in [0.4, 0.5) is 4.79 Å². The number of amides is 1. The summed E-state index contributed by atoms with van der Waals surface area (Å²) in [7, 11) is 0. The van der Waals surface area contributed by atoms with Gasteiger partial charge in [-0.25, -0.2) is 4.79 Å². The van der Waals surface area contributed by atoms with Crippen LogP contribution in [-0.4, -0.2) is 34.0 Å². The first kappa shape index (κ1) is 10.4. The predicted octanol–water partition coefficient (Wildman–Crippen LogP) is 1.80. The Balaban J connectivity index is 1.99. The molecule has 1 aliphatic heterocycles. The van der Waals surface area contributed by atoms with Gasteiger partial charge in [-0.2, -0.15) is 0 Å². The van der Waals surface area contributed by atoms with Gasteiger partial charge in [-0.15, -0.1) is 0 Å². The van der Waals surface area contributed by atoms with Crippen molar-refractivity contribution < 1.29 is 9.53 Å². The Labute approximate surface area is 96.4 Å². The fourth-order valence-electron chi connectivity index (χ4n) is 1.49. The lowest BCUT2D eigenvalue weighted by Gasteiger charge is -2.11. The average molecular weight is 271 g/mol. The Morgan fingerprint density at radius 1 is 1.53 bits per heavy atom. The Morgan fingerprint density at radius 3 is 2.87 bits per heavy atom. The fourth-order valence-corrected chi connectivity index (χ4v) is 1.83. The first-order valence-corrected chi connectivity index (χ1v) is 5.82. The number of cyclic esters (lactones) is 1.